The molecule has 4 rings (SSSR count). The molecule has 0 bridgehead atoms. The first-order valence-corrected chi connectivity index (χ1v) is 14.7. The fraction of sp³-hybridized carbons (Fsp3) is 0.0769. The zero-order chi connectivity index (χ0) is 30.8. The molecule has 0 amide bonds. The lowest BCUT2D eigenvalue weighted by Gasteiger charge is -2.09. The number of ether oxygens (including phenoxy) is 2. The summed E-state index contributed by atoms with van der Waals surface area (Å²) in [4.78, 5) is 42.4. The van der Waals surface area contributed by atoms with Crippen molar-refractivity contribution in [1.82, 2.24) is 9.97 Å². The van der Waals surface area contributed by atoms with Crippen molar-refractivity contribution in [1.29, 1.82) is 0 Å². The van der Waals surface area contributed by atoms with Crippen molar-refractivity contribution in [3.63, 3.8) is 0 Å². The zero-order valence-corrected chi connectivity index (χ0v) is 27.6. The van der Waals surface area contributed by atoms with Gasteiger partial charge in [0.05, 0.1) is 8.95 Å². The molecule has 0 N–H and O–H groups in total. The molecular weight excluding hydrogens is 814 g/mol. The highest BCUT2D eigenvalue weighted by molar-refractivity contribution is 9.11. The van der Waals surface area contributed by atoms with Crippen LogP contribution in [0.15, 0.2) is 83.8 Å². The highest BCUT2D eigenvalue weighted by Crippen LogP contribution is 2.35. The van der Waals surface area contributed by atoms with Crippen molar-refractivity contribution in [3.05, 3.63) is 110 Å². The normalized spacial score (nSPS) is 10.5. The topological polar surface area (TPSA) is 160 Å². The lowest BCUT2D eigenvalue weighted by atomic mass is 10.2. The summed E-state index contributed by atoms with van der Waals surface area (Å²) in [5.74, 6) is 1.23. The summed E-state index contributed by atoms with van der Waals surface area (Å²) in [5.41, 5.74) is 1.30. The maximum atomic E-state index is 10.9. The van der Waals surface area contributed by atoms with E-state index in [0.717, 1.165) is 14.5 Å². The van der Waals surface area contributed by atoms with E-state index in [-0.39, 0.29) is 11.6 Å². The van der Waals surface area contributed by atoms with Gasteiger partial charge in [0, 0.05) is 45.0 Å². The van der Waals surface area contributed by atoms with Gasteiger partial charge in [-0.15, -0.1) is 0 Å². The Labute approximate surface area is 272 Å². The SMILES string of the molecule is CCN=Cc1cc(Oc2ccc([N+](=O)[O-])nc2)c(Br)cc1Br.O=Cc1cc(Oc2ccc([N+](=O)[O-])nc2)c(Br)cc1Br. The van der Waals surface area contributed by atoms with E-state index in [4.69, 9.17) is 9.47 Å². The van der Waals surface area contributed by atoms with Gasteiger partial charge in [0.15, 0.2) is 30.2 Å². The van der Waals surface area contributed by atoms with Gasteiger partial charge in [-0.05, 0) is 95.0 Å². The molecule has 216 valence electrons. The van der Waals surface area contributed by atoms with Gasteiger partial charge < -0.3 is 29.7 Å². The molecule has 0 saturated carbocycles. The Bertz CT molecular complexity index is 1640. The van der Waals surface area contributed by atoms with Crippen LogP contribution in [0.2, 0.25) is 0 Å². The second-order valence-corrected chi connectivity index (χ2v) is 11.2. The highest BCUT2D eigenvalue weighted by atomic mass is 79.9. The van der Waals surface area contributed by atoms with Crippen molar-refractivity contribution >= 4 is 87.9 Å². The number of nitrogens with zero attached hydrogens (tertiary/aromatic N) is 5. The predicted octanol–water partition coefficient (Wildman–Crippen LogP) is 8.87. The summed E-state index contributed by atoms with van der Waals surface area (Å²) in [6.07, 6.45) is 4.99. The molecule has 12 nitrogen and oxygen atoms in total. The number of carbonyl (C=O) groups excluding carboxylic acids is 1. The highest BCUT2D eigenvalue weighted by Gasteiger charge is 2.13. The third-order valence-electron chi connectivity index (χ3n) is 4.91. The van der Waals surface area contributed by atoms with Crippen molar-refractivity contribution in [2.24, 2.45) is 4.99 Å². The van der Waals surface area contributed by atoms with E-state index in [1.807, 2.05) is 19.1 Å². The Kier molecular flexibility index (Phi) is 12.2. The average molecular weight is 831 g/mol. The van der Waals surface area contributed by atoms with Crippen LogP contribution >= 0.6 is 63.7 Å². The molecule has 0 aliphatic rings. The van der Waals surface area contributed by atoms with Crippen LogP contribution in [0.5, 0.6) is 23.0 Å². The minimum atomic E-state index is -0.593. The van der Waals surface area contributed by atoms with Gasteiger partial charge in [-0.2, -0.15) is 0 Å². The number of pyridine rings is 2. The Morgan fingerprint density at radius 3 is 1.60 bits per heavy atom. The number of carbonyl (C=O) groups is 1. The number of hydrogen-bond donors (Lipinski definition) is 0. The third kappa shape index (κ3) is 9.20. The van der Waals surface area contributed by atoms with E-state index in [1.54, 1.807) is 18.3 Å². The molecule has 4 aromatic rings. The summed E-state index contributed by atoms with van der Waals surface area (Å²) < 4.78 is 14.1. The molecule has 2 heterocycles. The van der Waals surface area contributed by atoms with Crippen molar-refractivity contribution < 1.29 is 24.1 Å². The first-order valence-electron chi connectivity index (χ1n) is 11.5. The van der Waals surface area contributed by atoms with Gasteiger partial charge in [-0.3, -0.25) is 9.79 Å². The van der Waals surface area contributed by atoms with Crippen molar-refractivity contribution in [2.75, 3.05) is 6.54 Å². The van der Waals surface area contributed by atoms with Crippen LogP contribution in [0.3, 0.4) is 0 Å². The molecule has 42 heavy (non-hydrogen) atoms. The van der Waals surface area contributed by atoms with E-state index in [1.165, 1.54) is 36.7 Å². The van der Waals surface area contributed by atoms with E-state index < -0.39 is 9.85 Å². The number of nitro groups is 2. The lowest BCUT2D eigenvalue weighted by Crippen LogP contribution is -1.94. The van der Waals surface area contributed by atoms with E-state index in [2.05, 4.69) is 78.7 Å². The van der Waals surface area contributed by atoms with Crippen LogP contribution in [0.4, 0.5) is 11.6 Å². The standard InChI is InChI=1S/C14H11Br2N3O3.C12H6Br2N2O4/c1-2-17-7-9-5-13(12(16)6-11(9)15)22-10-3-4-14(18-8-10)19(20)21;13-9-4-10(14)11(3-7(9)6-17)20-8-1-2-12(15-5-8)16(18)19/h3-8H,2H2,1H3;1-6H. The number of rotatable bonds is 9. The number of hydrogen-bond acceptors (Lipinski definition) is 10. The van der Waals surface area contributed by atoms with E-state index in [0.29, 0.717) is 50.3 Å². The first-order chi connectivity index (χ1) is 20.0. The van der Waals surface area contributed by atoms with E-state index >= 15 is 0 Å². The molecule has 0 aliphatic heterocycles. The predicted molar refractivity (Wildman–Crippen MR) is 169 cm³/mol. The van der Waals surface area contributed by atoms with Crippen LogP contribution in [0, 0.1) is 20.2 Å². The van der Waals surface area contributed by atoms with Gasteiger partial charge >= 0.3 is 11.6 Å². The summed E-state index contributed by atoms with van der Waals surface area (Å²) in [7, 11) is 0. The molecule has 2 aromatic heterocycles. The van der Waals surface area contributed by atoms with Crippen LogP contribution < -0.4 is 9.47 Å². The molecule has 0 radical (unpaired) electrons. The summed E-state index contributed by atoms with van der Waals surface area (Å²) in [6.45, 7) is 2.63. The maximum Gasteiger partial charge on any atom is 0.363 e. The molecule has 0 unspecified atom stereocenters. The second kappa shape index (κ2) is 15.6. The van der Waals surface area contributed by atoms with Crippen LogP contribution in [0.25, 0.3) is 0 Å². The Balaban J connectivity index is 0.000000231. The number of aromatic nitrogens is 2. The molecule has 0 fully saturated rings. The van der Waals surface area contributed by atoms with Crippen LogP contribution in [-0.4, -0.2) is 38.9 Å². The molecule has 0 aliphatic carbocycles. The summed E-state index contributed by atoms with van der Waals surface area (Å²) in [5, 5.41) is 21.1. The second-order valence-electron chi connectivity index (χ2n) is 7.78. The van der Waals surface area contributed by atoms with Gasteiger partial charge in [-0.1, -0.05) is 31.9 Å². The van der Waals surface area contributed by atoms with Gasteiger partial charge in [0.1, 0.15) is 11.5 Å². The van der Waals surface area contributed by atoms with Crippen LogP contribution in [-0.2, 0) is 0 Å². The third-order valence-corrected chi connectivity index (χ3v) is 7.53. The average Bonchev–Trinajstić information content (AvgIpc) is 2.96. The molecule has 0 atom stereocenters. The lowest BCUT2D eigenvalue weighted by molar-refractivity contribution is -0.389. The number of aliphatic imine (C=N–C) groups is 1. The van der Waals surface area contributed by atoms with Gasteiger partial charge in [0.25, 0.3) is 0 Å². The molecule has 0 spiro atoms. The maximum absolute atomic E-state index is 10.9. The zero-order valence-electron chi connectivity index (χ0n) is 21.2. The van der Waals surface area contributed by atoms with Crippen LogP contribution in [0.1, 0.15) is 22.8 Å². The Morgan fingerprint density at radius 1 is 0.762 bits per heavy atom. The fourth-order valence-electron chi connectivity index (χ4n) is 2.96. The number of benzene rings is 2. The monoisotopic (exact) mass is 827 g/mol. The minimum Gasteiger partial charge on any atom is -0.452 e. The van der Waals surface area contributed by atoms with Gasteiger partial charge in [-0.25, -0.2) is 0 Å². The quantitative estimate of drug-likeness (QED) is 0.0695. The number of halogens is 4. The molecule has 0 saturated heterocycles. The van der Waals surface area contributed by atoms with Crippen molar-refractivity contribution in [2.45, 2.75) is 6.92 Å². The van der Waals surface area contributed by atoms with Crippen molar-refractivity contribution in [3.8, 4) is 23.0 Å². The largest absolute Gasteiger partial charge is 0.452 e. The fourth-order valence-corrected chi connectivity index (χ4v) is 5.31. The molecular formula is C26H17Br4N5O7. The molecule has 2 aromatic carbocycles. The summed E-state index contributed by atoms with van der Waals surface area (Å²) in [6, 6.07) is 12.4. The summed E-state index contributed by atoms with van der Waals surface area (Å²) >= 11 is 13.4. The Morgan fingerprint density at radius 2 is 1.21 bits per heavy atom. The molecule has 16 heteroatoms. The number of aldehydes is 1. The Hall–Kier alpha value is -3.60. The minimum absolute atomic E-state index is 0.224. The first kappa shape index (κ1) is 32.9. The van der Waals surface area contributed by atoms with Gasteiger partial charge in [0.2, 0.25) is 0 Å². The smallest absolute Gasteiger partial charge is 0.363 e. The van der Waals surface area contributed by atoms with E-state index in [9.17, 15) is 25.0 Å².